The van der Waals surface area contributed by atoms with Crippen LogP contribution in [0, 0.1) is 0 Å². The molecule has 0 unspecified atom stereocenters. The molecule has 0 spiro atoms. The summed E-state index contributed by atoms with van der Waals surface area (Å²) in [6.45, 7) is 1.99. The molecule has 0 aliphatic heterocycles. The van der Waals surface area contributed by atoms with E-state index in [9.17, 15) is 9.59 Å². The maximum atomic E-state index is 12.1. The van der Waals surface area contributed by atoms with Gasteiger partial charge in [-0.05, 0) is 29.2 Å². The minimum atomic E-state index is -1.05. The monoisotopic (exact) mass is 326 g/mol. The molecule has 2 aromatic carbocycles. The van der Waals surface area contributed by atoms with Gasteiger partial charge in [-0.3, -0.25) is 0 Å². The van der Waals surface area contributed by atoms with Gasteiger partial charge in [-0.1, -0.05) is 48.5 Å². The molecular formula is C18H18N2O4. The van der Waals surface area contributed by atoms with Gasteiger partial charge in [0, 0.05) is 5.92 Å². The average Bonchev–Trinajstić information content (AvgIpc) is 2.89. The van der Waals surface area contributed by atoms with E-state index in [0.29, 0.717) is 0 Å². The quantitative estimate of drug-likeness (QED) is 0.878. The molecule has 124 valence electrons. The van der Waals surface area contributed by atoms with E-state index in [2.05, 4.69) is 0 Å². The van der Waals surface area contributed by atoms with E-state index in [0.717, 1.165) is 27.3 Å². The fraction of sp³-hybridized carbons (Fsp3) is 0.222. The number of primary amides is 1. The Bertz CT molecular complexity index is 730. The second-order valence-corrected chi connectivity index (χ2v) is 5.40. The van der Waals surface area contributed by atoms with Crippen LogP contribution in [-0.4, -0.2) is 30.4 Å². The number of benzene rings is 2. The van der Waals surface area contributed by atoms with Crippen molar-refractivity contribution in [3.05, 3.63) is 59.7 Å². The summed E-state index contributed by atoms with van der Waals surface area (Å²) in [5.41, 5.74) is 9.45. The molecule has 0 heterocycles. The Kier molecular flexibility index (Phi) is 4.37. The van der Waals surface area contributed by atoms with Crippen molar-refractivity contribution in [3.63, 3.8) is 0 Å². The SMILES string of the molecule is CCOC(=O)N(CC1c2ccccc2-c2ccccc21)OC(N)=O. The average molecular weight is 326 g/mol. The summed E-state index contributed by atoms with van der Waals surface area (Å²) in [5.74, 6) is -0.124. The van der Waals surface area contributed by atoms with E-state index in [4.69, 9.17) is 15.3 Å². The molecule has 1 aliphatic carbocycles. The Morgan fingerprint density at radius 1 is 1.04 bits per heavy atom. The molecular weight excluding hydrogens is 308 g/mol. The zero-order valence-electron chi connectivity index (χ0n) is 13.3. The maximum Gasteiger partial charge on any atom is 0.443 e. The number of carbonyl (C=O) groups excluding carboxylic acids is 2. The minimum absolute atomic E-state index is 0.124. The van der Waals surface area contributed by atoms with Crippen LogP contribution in [0.1, 0.15) is 24.0 Å². The zero-order chi connectivity index (χ0) is 17.1. The first-order valence-corrected chi connectivity index (χ1v) is 7.71. The van der Waals surface area contributed by atoms with Crippen LogP contribution in [0.5, 0.6) is 0 Å². The van der Waals surface area contributed by atoms with Crippen molar-refractivity contribution in [2.24, 2.45) is 5.73 Å². The lowest BCUT2D eigenvalue weighted by Crippen LogP contribution is -2.38. The Morgan fingerprint density at radius 2 is 1.58 bits per heavy atom. The van der Waals surface area contributed by atoms with E-state index in [-0.39, 0.29) is 19.1 Å². The van der Waals surface area contributed by atoms with Crippen molar-refractivity contribution in [1.82, 2.24) is 5.06 Å². The number of hydroxylamine groups is 2. The molecule has 6 nitrogen and oxygen atoms in total. The Morgan fingerprint density at radius 3 is 2.08 bits per heavy atom. The number of ether oxygens (including phenoxy) is 1. The number of carbonyl (C=O) groups is 2. The molecule has 0 aromatic heterocycles. The standard InChI is InChI=1S/C18H18N2O4/c1-2-23-18(22)20(24-17(19)21)11-16-14-9-5-3-7-12(14)13-8-4-6-10-15(13)16/h3-10,16H,2,11H2,1H3,(H2,19,21). The molecule has 0 atom stereocenters. The number of hydrogen-bond donors (Lipinski definition) is 1. The van der Waals surface area contributed by atoms with E-state index in [1.165, 1.54) is 0 Å². The third kappa shape index (κ3) is 2.90. The van der Waals surface area contributed by atoms with Crippen molar-refractivity contribution in [3.8, 4) is 11.1 Å². The molecule has 1 aliphatic rings. The van der Waals surface area contributed by atoms with Gasteiger partial charge < -0.3 is 15.3 Å². The highest BCUT2D eigenvalue weighted by Gasteiger charge is 2.32. The van der Waals surface area contributed by atoms with Gasteiger partial charge in [-0.25, -0.2) is 9.59 Å². The van der Waals surface area contributed by atoms with Gasteiger partial charge in [0.1, 0.15) is 0 Å². The third-order valence-electron chi connectivity index (χ3n) is 3.98. The highest BCUT2D eigenvalue weighted by atomic mass is 16.8. The number of nitrogens with two attached hydrogens (primary N) is 1. The maximum absolute atomic E-state index is 12.1. The number of hydrogen-bond acceptors (Lipinski definition) is 4. The number of amides is 2. The molecule has 0 saturated carbocycles. The van der Waals surface area contributed by atoms with Gasteiger partial charge in [-0.15, -0.1) is 5.06 Å². The number of nitrogens with zero attached hydrogens (tertiary/aromatic N) is 1. The lowest BCUT2D eigenvalue weighted by Gasteiger charge is -2.23. The fourth-order valence-corrected chi connectivity index (χ4v) is 3.08. The van der Waals surface area contributed by atoms with Crippen molar-refractivity contribution in [2.75, 3.05) is 13.2 Å². The van der Waals surface area contributed by atoms with Crippen LogP contribution in [-0.2, 0) is 9.57 Å². The van der Waals surface area contributed by atoms with Crippen molar-refractivity contribution in [2.45, 2.75) is 12.8 Å². The summed E-state index contributed by atoms with van der Waals surface area (Å²) < 4.78 is 4.95. The summed E-state index contributed by atoms with van der Waals surface area (Å²) in [4.78, 5) is 28.0. The third-order valence-corrected chi connectivity index (χ3v) is 3.98. The Labute approximate surface area is 139 Å². The smallest absolute Gasteiger partial charge is 0.443 e. The second-order valence-electron chi connectivity index (χ2n) is 5.40. The topological polar surface area (TPSA) is 81.9 Å². The fourth-order valence-electron chi connectivity index (χ4n) is 3.08. The van der Waals surface area contributed by atoms with E-state index in [1.807, 2.05) is 48.5 Å². The number of fused-ring (bicyclic) bond motifs is 3. The van der Waals surface area contributed by atoms with Crippen LogP contribution in [0.3, 0.4) is 0 Å². The largest absolute Gasteiger partial charge is 0.448 e. The molecule has 2 N–H and O–H groups in total. The summed E-state index contributed by atoms with van der Waals surface area (Å²) in [7, 11) is 0. The normalized spacial score (nSPS) is 12.2. The first kappa shape index (κ1) is 15.9. The summed E-state index contributed by atoms with van der Waals surface area (Å²) >= 11 is 0. The number of rotatable bonds is 3. The van der Waals surface area contributed by atoms with Crippen molar-refractivity contribution in [1.29, 1.82) is 0 Å². The highest BCUT2D eigenvalue weighted by Crippen LogP contribution is 2.44. The minimum Gasteiger partial charge on any atom is -0.448 e. The first-order chi connectivity index (χ1) is 11.6. The van der Waals surface area contributed by atoms with Crippen molar-refractivity contribution >= 4 is 12.2 Å². The van der Waals surface area contributed by atoms with Crippen LogP contribution in [0.2, 0.25) is 0 Å². The lowest BCUT2D eigenvalue weighted by atomic mass is 9.97. The van der Waals surface area contributed by atoms with Gasteiger partial charge in [-0.2, -0.15) is 0 Å². The molecule has 0 fully saturated rings. The van der Waals surface area contributed by atoms with E-state index < -0.39 is 12.2 Å². The van der Waals surface area contributed by atoms with Gasteiger partial charge in [0.15, 0.2) is 0 Å². The van der Waals surface area contributed by atoms with Crippen LogP contribution in [0.4, 0.5) is 9.59 Å². The highest BCUT2D eigenvalue weighted by molar-refractivity contribution is 5.79. The molecule has 0 saturated heterocycles. The van der Waals surface area contributed by atoms with Crippen LogP contribution >= 0.6 is 0 Å². The van der Waals surface area contributed by atoms with E-state index >= 15 is 0 Å². The molecule has 6 heteroatoms. The van der Waals surface area contributed by atoms with Crippen LogP contribution < -0.4 is 5.73 Å². The molecule has 2 aromatic rings. The molecule has 3 rings (SSSR count). The molecule has 24 heavy (non-hydrogen) atoms. The van der Waals surface area contributed by atoms with Gasteiger partial charge in [0.2, 0.25) is 0 Å². The second kappa shape index (κ2) is 6.62. The summed E-state index contributed by atoms with van der Waals surface area (Å²) in [6.07, 6.45) is -1.79. The predicted octanol–water partition coefficient (Wildman–Crippen LogP) is 3.27. The Balaban J connectivity index is 1.95. The van der Waals surface area contributed by atoms with Crippen LogP contribution in [0.15, 0.2) is 48.5 Å². The van der Waals surface area contributed by atoms with Crippen molar-refractivity contribution < 1.29 is 19.2 Å². The first-order valence-electron chi connectivity index (χ1n) is 7.71. The summed E-state index contributed by atoms with van der Waals surface area (Å²) in [6, 6.07) is 15.9. The molecule has 0 bridgehead atoms. The zero-order valence-corrected chi connectivity index (χ0v) is 13.3. The predicted molar refractivity (Wildman–Crippen MR) is 88.1 cm³/mol. The molecule has 0 radical (unpaired) electrons. The van der Waals surface area contributed by atoms with Gasteiger partial charge >= 0.3 is 12.2 Å². The van der Waals surface area contributed by atoms with E-state index in [1.54, 1.807) is 6.92 Å². The van der Waals surface area contributed by atoms with Crippen LogP contribution in [0.25, 0.3) is 11.1 Å². The Hall–Kier alpha value is -3.02. The molecule has 2 amide bonds. The summed E-state index contributed by atoms with van der Waals surface area (Å²) in [5, 5.41) is 0.884. The van der Waals surface area contributed by atoms with Gasteiger partial charge in [0.25, 0.3) is 0 Å². The van der Waals surface area contributed by atoms with Gasteiger partial charge in [0.05, 0.1) is 13.2 Å². The lowest BCUT2D eigenvalue weighted by molar-refractivity contribution is -0.0809.